The number of piperidine rings is 1. The number of amides is 1. The average molecular weight is 531 g/mol. The molecule has 1 aliphatic heterocycles. The number of phenolic OH excluding ortho intramolecular Hbond substituents is 2. The molecular weight excluding hydrogens is 492 g/mol. The lowest BCUT2D eigenvalue weighted by Gasteiger charge is -2.26. The molecule has 8 heteroatoms. The molecule has 0 bridgehead atoms. The lowest BCUT2D eigenvalue weighted by atomic mass is 9.88. The number of nitrogens with zero attached hydrogens (tertiary/aromatic N) is 2. The molecule has 0 saturated carbocycles. The van der Waals surface area contributed by atoms with Crippen LogP contribution in [0.25, 0.3) is 0 Å². The van der Waals surface area contributed by atoms with E-state index < -0.39 is 0 Å². The first kappa shape index (κ1) is 28.8. The van der Waals surface area contributed by atoms with E-state index in [2.05, 4.69) is 31.2 Å². The highest BCUT2D eigenvalue weighted by molar-refractivity contribution is 6.33. The first-order valence-electron chi connectivity index (χ1n) is 13.4. The van der Waals surface area contributed by atoms with E-state index in [-0.39, 0.29) is 59.1 Å². The molecule has 2 unspecified atom stereocenters. The molecule has 37 heavy (non-hydrogen) atoms. The molecule has 1 saturated heterocycles. The minimum absolute atomic E-state index is 0.000886. The minimum Gasteiger partial charge on any atom is -0.507 e. The predicted molar refractivity (Wildman–Crippen MR) is 146 cm³/mol. The number of halogens is 1. The van der Waals surface area contributed by atoms with Crippen LogP contribution in [0, 0.1) is 11.8 Å². The van der Waals surface area contributed by atoms with Gasteiger partial charge in [-0.05, 0) is 62.0 Å². The summed E-state index contributed by atoms with van der Waals surface area (Å²) in [7, 11) is 0. The van der Waals surface area contributed by atoms with Gasteiger partial charge in [0.25, 0.3) is 5.91 Å². The standard InChI is InChI=1S/C29H39ClN2O5/c1-3-9-21-12-7-10-20(2)11-8-13-22(31-37-19-27(36)32-14-5-4-6-15-32)17-23-28(24(33)16-21)25(34)18-26(35)29(23)30/h7-8,10,13,18,20-21,34-35H,3-6,9,11-12,14-17,19H2,1-2H3/b10-7+,13-8+,31-22-. The molecule has 2 atom stereocenters. The Labute approximate surface area is 224 Å². The van der Waals surface area contributed by atoms with Crippen LogP contribution >= 0.6 is 11.6 Å². The molecule has 2 N–H and O–H groups in total. The summed E-state index contributed by atoms with van der Waals surface area (Å²) in [5.41, 5.74) is 0.837. The molecule has 3 rings (SSSR count). The monoisotopic (exact) mass is 530 g/mol. The lowest BCUT2D eigenvalue weighted by Crippen LogP contribution is -2.37. The zero-order chi connectivity index (χ0) is 26.8. The van der Waals surface area contributed by atoms with Gasteiger partial charge in [-0.1, -0.05) is 55.3 Å². The van der Waals surface area contributed by atoms with E-state index in [0.29, 0.717) is 17.2 Å². The third-order valence-corrected chi connectivity index (χ3v) is 7.38. The Morgan fingerprint density at radius 3 is 2.65 bits per heavy atom. The van der Waals surface area contributed by atoms with E-state index >= 15 is 0 Å². The summed E-state index contributed by atoms with van der Waals surface area (Å²) in [6.07, 6.45) is 14.9. The van der Waals surface area contributed by atoms with Crippen molar-refractivity contribution in [3.8, 4) is 11.5 Å². The number of phenols is 2. The number of fused-ring (bicyclic) bond motifs is 1. The van der Waals surface area contributed by atoms with E-state index in [4.69, 9.17) is 16.4 Å². The Kier molecular flexibility index (Phi) is 11.1. The Bertz CT molecular complexity index is 1040. The molecule has 1 heterocycles. The smallest absolute Gasteiger partial charge is 0.263 e. The van der Waals surface area contributed by atoms with Gasteiger partial charge in [0.1, 0.15) is 11.5 Å². The van der Waals surface area contributed by atoms with Gasteiger partial charge in [0.05, 0.1) is 16.3 Å². The number of oxime groups is 1. The quantitative estimate of drug-likeness (QED) is 0.348. The van der Waals surface area contributed by atoms with Crippen LogP contribution in [0.5, 0.6) is 11.5 Å². The van der Waals surface area contributed by atoms with Crippen molar-refractivity contribution < 1.29 is 24.6 Å². The van der Waals surface area contributed by atoms with E-state index in [9.17, 15) is 19.8 Å². The Morgan fingerprint density at radius 1 is 1.16 bits per heavy atom. The van der Waals surface area contributed by atoms with Crippen LogP contribution in [0.4, 0.5) is 0 Å². The number of rotatable bonds is 5. The van der Waals surface area contributed by atoms with Crippen LogP contribution in [0.1, 0.15) is 81.1 Å². The highest BCUT2D eigenvalue weighted by Crippen LogP contribution is 2.38. The Hall–Kier alpha value is -2.80. The van der Waals surface area contributed by atoms with Gasteiger partial charge in [0.15, 0.2) is 12.4 Å². The molecule has 1 fully saturated rings. The van der Waals surface area contributed by atoms with Gasteiger partial charge in [0.2, 0.25) is 0 Å². The van der Waals surface area contributed by atoms with Crippen LogP contribution in [0.15, 0.2) is 35.5 Å². The summed E-state index contributed by atoms with van der Waals surface area (Å²) in [5, 5.41) is 25.2. The topological polar surface area (TPSA) is 99.4 Å². The largest absolute Gasteiger partial charge is 0.507 e. The van der Waals surface area contributed by atoms with E-state index in [1.165, 1.54) is 0 Å². The summed E-state index contributed by atoms with van der Waals surface area (Å²) in [4.78, 5) is 33.2. The number of ketones is 1. The molecule has 0 spiro atoms. The number of hydrogen-bond acceptors (Lipinski definition) is 6. The fourth-order valence-electron chi connectivity index (χ4n) is 4.95. The number of carbonyl (C=O) groups excluding carboxylic acids is 2. The van der Waals surface area contributed by atoms with Gasteiger partial charge in [0, 0.05) is 32.0 Å². The predicted octanol–water partition coefficient (Wildman–Crippen LogP) is 6.21. The third-order valence-electron chi connectivity index (χ3n) is 6.96. The summed E-state index contributed by atoms with van der Waals surface area (Å²) in [6, 6.07) is 1.11. The molecule has 1 amide bonds. The second-order valence-corrected chi connectivity index (χ2v) is 10.5. The summed E-state index contributed by atoms with van der Waals surface area (Å²) in [5.74, 6) is -0.522. The normalized spacial score (nSPS) is 24.2. The first-order chi connectivity index (χ1) is 17.8. The number of likely N-dealkylation sites (tertiary alicyclic amines) is 1. The van der Waals surface area contributed by atoms with Crippen molar-refractivity contribution in [3.63, 3.8) is 0 Å². The minimum atomic E-state index is -0.307. The molecule has 1 aromatic rings. The fraction of sp³-hybridized carbons (Fsp3) is 0.552. The molecule has 0 aromatic heterocycles. The lowest BCUT2D eigenvalue weighted by molar-refractivity contribution is -0.137. The van der Waals surface area contributed by atoms with E-state index in [1.54, 1.807) is 11.0 Å². The zero-order valence-corrected chi connectivity index (χ0v) is 22.7. The number of aromatic hydroxyl groups is 2. The summed E-state index contributed by atoms with van der Waals surface area (Å²) >= 11 is 6.47. The number of allylic oxidation sites excluding steroid dienone is 4. The van der Waals surface area contributed by atoms with Crippen LogP contribution in [-0.2, 0) is 16.1 Å². The molecule has 7 nitrogen and oxygen atoms in total. The Morgan fingerprint density at radius 2 is 1.92 bits per heavy atom. The van der Waals surface area contributed by atoms with Crippen LogP contribution < -0.4 is 0 Å². The number of benzene rings is 1. The van der Waals surface area contributed by atoms with E-state index in [1.807, 2.05) is 6.08 Å². The second-order valence-electron chi connectivity index (χ2n) is 10.1. The highest BCUT2D eigenvalue weighted by atomic mass is 35.5. The van der Waals surface area contributed by atoms with Crippen LogP contribution in [-0.4, -0.2) is 52.2 Å². The zero-order valence-electron chi connectivity index (χ0n) is 21.9. The highest BCUT2D eigenvalue weighted by Gasteiger charge is 2.25. The van der Waals surface area contributed by atoms with Gasteiger partial charge in [-0.25, -0.2) is 0 Å². The van der Waals surface area contributed by atoms with Gasteiger partial charge < -0.3 is 20.0 Å². The van der Waals surface area contributed by atoms with Crippen LogP contribution in [0.3, 0.4) is 0 Å². The number of Topliss-reactive ketones (excluding diaryl/α,β-unsaturated/α-hetero) is 1. The Balaban J connectivity index is 1.93. The summed E-state index contributed by atoms with van der Waals surface area (Å²) < 4.78 is 0. The third kappa shape index (κ3) is 8.35. The maximum absolute atomic E-state index is 13.4. The number of carbonyl (C=O) groups is 2. The molecule has 202 valence electrons. The van der Waals surface area contributed by atoms with Crippen molar-refractivity contribution in [2.24, 2.45) is 17.0 Å². The maximum Gasteiger partial charge on any atom is 0.263 e. The second kappa shape index (κ2) is 14.2. The SMILES string of the molecule is CCCC1C/C=C/C(C)C/C=C/C(=N/OCC(=O)N2CCCCC2)Cc2c(Cl)c(O)cc(O)c2C(=O)C1. The van der Waals surface area contributed by atoms with Gasteiger partial charge in [-0.15, -0.1) is 0 Å². The van der Waals surface area contributed by atoms with Gasteiger partial charge >= 0.3 is 0 Å². The van der Waals surface area contributed by atoms with Crippen molar-refractivity contribution in [2.75, 3.05) is 19.7 Å². The van der Waals surface area contributed by atoms with Crippen molar-refractivity contribution >= 4 is 29.0 Å². The van der Waals surface area contributed by atoms with Crippen LogP contribution in [0.2, 0.25) is 5.02 Å². The molecule has 1 aromatic carbocycles. The fourth-order valence-corrected chi connectivity index (χ4v) is 5.16. The van der Waals surface area contributed by atoms with Gasteiger partial charge in [-0.2, -0.15) is 0 Å². The summed E-state index contributed by atoms with van der Waals surface area (Å²) in [6.45, 7) is 5.49. The van der Waals surface area contributed by atoms with E-state index in [0.717, 1.165) is 64.1 Å². The van der Waals surface area contributed by atoms with Gasteiger partial charge in [-0.3, -0.25) is 9.59 Å². The molecular formula is C29H39ClN2O5. The van der Waals surface area contributed by atoms with Crippen molar-refractivity contribution in [2.45, 2.75) is 71.6 Å². The molecule has 0 radical (unpaired) electrons. The van der Waals surface area contributed by atoms with Crippen molar-refractivity contribution in [1.82, 2.24) is 4.90 Å². The molecule has 2 aliphatic rings. The van der Waals surface area contributed by atoms with Crippen molar-refractivity contribution in [3.05, 3.63) is 46.5 Å². The molecule has 1 aliphatic carbocycles. The average Bonchev–Trinajstić information content (AvgIpc) is 2.87. The van der Waals surface area contributed by atoms with Crippen molar-refractivity contribution in [1.29, 1.82) is 0 Å². The maximum atomic E-state index is 13.4. The first-order valence-corrected chi connectivity index (χ1v) is 13.7. The number of hydrogen-bond donors (Lipinski definition) is 2.